The summed E-state index contributed by atoms with van der Waals surface area (Å²) < 4.78 is 1.96. The van der Waals surface area contributed by atoms with E-state index in [1.165, 1.54) is 0 Å². The molecule has 4 aromatic rings. The number of aryl methyl sites for hydroxylation is 1. The van der Waals surface area contributed by atoms with Crippen molar-refractivity contribution in [2.24, 2.45) is 0 Å². The van der Waals surface area contributed by atoms with E-state index in [9.17, 15) is 4.79 Å². The lowest BCUT2D eigenvalue weighted by Gasteiger charge is -2.06. The molecule has 0 aliphatic heterocycles. The highest BCUT2D eigenvalue weighted by Gasteiger charge is 2.12. The number of aromatic nitrogens is 4. The van der Waals surface area contributed by atoms with Crippen LogP contribution in [0.5, 0.6) is 0 Å². The van der Waals surface area contributed by atoms with Gasteiger partial charge in [0.15, 0.2) is 0 Å². The Balaban J connectivity index is 2.51. The Hall–Kier alpha value is -2.69. The van der Waals surface area contributed by atoms with Gasteiger partial charge >= 0.3 is 0 Å². The molecule has 0 bridgehead atoms. The average Bonchev–Trinajstić information content (AvgIpc) is 2.81. The standard InChI is InChI=1S/C14H10N4O/c1-8-7-18-11-3-5-16-14(19)12(11)10-6-15-4-2-9(10)13(18)17-8/h2-7H,1H3,(H,16,19). The van der Waals surface area contributed by atoms with Crippen LogP contribution < -0.4 is 5.56 Å². The highest BCUT2D eigenvalue weighted by atomic mass is 16.1. The zero-order valence-electron chi connectivity index (χ0n) is 10.2. The van der Waals surface area contributed by atoms with Crippen LogP contribution in [0.2, 0.25) is 0 Å². The third kappa shape index (κ3) is 1.26. The van der Waals surface area contributed by atoms with Crippen LogP contribution in [-0.4, -0.2) is 19.4 Å². The highest BCUT2D eigenvalue weighted by molar-refractivity contribution is 6.10. The summed E-state index contributed by atoms with van der Waals surface area (Å²) in [6.45, 7) is 1.94. The van der Waals surface area contributed by atoms with E-state index < -0.39 is 0 Å². The lowest BCUT2D eigenvalue weighted by atomic mass is 10.1. The van der Waals surface area contributed by atoms with Crippen LogP contribution in [0.25, 0.3) is 27.3 Å². The summed E-state index contributed by atoms with van der Waals surface area (Å²) in [5.74, 6) is 0. The summed E-state index contributed by atoms with van der Waals surface area (Å²) in [6.07, 6.45) is 7.03. The maximum absolute atomic E-state index is 12.1. The van der Waals surface area contributed by atoms with E-state index in [1.54, 1.807) is 18.6 Å². The zero-order chi connectivity index (χ0) is 13.0. The van der Waals surface area contributed by atoms with Crippen molar-refractivity contribution >= 4 is 27.3 Å². The fourth-order valence-corrected chi connectivity index (χ4v) is 2.59. The molecule has 1 N–H and O–H groups in total. The number of H-pyrrole nitrogens is 1. The van der Waals surface area contributed by atoms with Gasteiger partial charge in [0.05, 0.1) is 16.6 Å². The summed E-state index contributed by atoms with van der Waals surface area (Å²) in [6, 6.07) is 3.78. The molecule has 4 aromatic heterocycles. The molecule has 0 radical (unpaired) electrons. The number of nitrogens with one attached hydrogen (secondary N) is 1. The quantitative estimate of drug-likeness (QED) is 0.486. The van der Waals surface area contributed by atoms with Gasteiger partial charge in [-0.05, 0) is 19.1 Å². The monoisotopic (exact) mass is 250 g/mol. The molecule has 4 rings (SSSR count). The molecule has 0 aliphatic carbocycles. The first-order valence-electron chi connectivity index (χ1n) is 5.98. The van der Waals surface area contributed by atoms with Crippen molar-refractivity contribution in [2.75, 3.05) is 0 Å². The van der Waals surface area contributed by atoms with E-state index in [2.05, 4.69) is 15.0 Å². The zero-order valence-corrected chi connectivity index (χ0v) is 10.2. The van der Waals surface area contributed by atoms with Crippen LogP contribution in [0.3, 0.4) is 0 Å². The van der Waals surface area contributed by atoms with Gasteiger partial charge < -0.3 is 4.98 Å². The van der Waals surface area contributed by atoms with E-state index in [4.69, 9.17) is 0 Å². The molecule has 0 fully saturated rings. The molecule has 0 aliphatic rings. The summed E-state index contributed by atoms with van der Waals surface area (Å²) in [5.41, 5.74) is 2.52. The molecular formula is C14H10N4O. The van der Waals surface area contributed by atoms with Crippen molar-refractivity contribution in [2.45, 2.75) is 6.92 Å². The van der Waals surface area contributed by atoms with Gasteiger partial charge in [0.1, 0.15) is 5.65 Å². The summed E-state index contributed by atoms with van der Waals surface area (Å²) >= 11 is 0. The minimum absolute atomic E-state index is 0.108. The minimum atomic E-state index is -0.108. The first-order valence-corrected chi connectivity index (χ1v) is 5.98. The smallest absolute Gasteiger partial charge is 0.258 e. The van der Waals surface area contributed by atoms with Crippen LogP contribution in [0.4, 0.5) is 0 Å². The number of aromatic amines is 1. The van der Waals surface area contributed by atoms with Gasteiger partial charge in [-0.15, -0.1) is 0 Å². The molecule has 5 nitrogen and oxygen atoms in total. The maximum atomic E-state index is 12.1. The molecule has 19 heavy (non-hydrogen) atoms. The third-order valence-corrected chi connectivity index (χ3v) is 3.36. The molecule has 0 amide bonds. The molecule has 4 heterocycles. The Morgan fingerprint density at radius 1 is 1.26 bits per heavy atom. The van der Waals surface area contributed by atoms with Crippen LogP contribution in [0.1, 0.15) is 5.69 Å². The average molecular weight is 250 g/mol. The first-order chi connectivity index (χ1) is 9.25. The predicted octanol–water partition coefficient (Wildman–Crippen LogP) is 2.03. The van der Waals surface area contributed by atoms with Gasteiger partial charge in [-0.1, -0.05) is 0 Å². The van der Waals surface area contributed by atoms with Gasteiger partial charge in [0.25, 0.3) is 5.56 Å². The topological polar surface area (TPSA) is 63.0 Å². The lowest BCUT2D eigenvalue weighted by molar-refractivity contribution is 1.22. The van der Waals surface area contributed by atoms with Crippen molar-refractivity contribution in [3.63, 3.8) is 0 Å². The normalized spacial score (nSPS) is 11.6. The third-order valence-electron chi connectivity index (χ3n) is 3.36. The summed E-state index contributed by atoms with van der Waals surface area (Å²) in [7, 11) is 0. The Labute approximate surface area is 107 Å². The van der Waals surface area contributed by atoms with Gasteiger partial charge in [-0.25, -0.2) is 4.98 Å². The van der Waals surface area contributed by atoms with Gasteiger partial charge in [-0.3, -0.25) is 14.2 Å². The van der Waals surface area contributed by atoms with Gasteiger partial charge in [-0.2, -0.15) is 0 Å². The Bertz CT molecular complexity index is 997. The van der Waals surface area contributed by atoms with Crippen LogP contribution in [0, 0.1) is 6.92 Å². The fraction of sp³-hybridized carbons (Fsp3) is 0.0714. The number of rotatable bonds is 0. The second kappa shape index (κ2) is 3.41. The number of hydrogen-bond acceptors (Lipinski definition) is 3. The molecule has 5 heteroatoms. The molecular weight excluding hydrogens is 240 g/mol. The molecule has 92 valence electrons. The molecule has 0 aromatic carbocycles. The first kappa shape index (κ1) is 10.3. The Morgan fingerprint density at radius 3 is 3.05 bits per heavy atom. The molecule has 0 unspecified atom stereocenters. The summed E-state index contributed by atoms with van der Waals surface area (Å²) in [4.78, 5) is 23.5. The SMILES string of the molecule is Cc1cn2c3cc[nH]c(=O)c3c3cnccc3c2n1. The van der Waals surface area contributed by atoms with Gasteiger partial charge in [0.2, 0.25) is 0 Å². The Morgan fingerprint density at radius 2 is 2.16 bits per heavy atom. The predicted molar refractivity (Wildman–Crippen MR) is 73.4 cm³/mol. The van der Waals surface area contributed by atoms with Crippen molar-refractivity contribution in [1.82, 2.24) is 19.4 Å². The molecule has 0 spiro atoms. The number of nitrogens with zero attached hydrogens (tertiary/aromatic N) is 3. The van der Waals surface area contributed by atoms with E-state index in [0.29, 0.717) is 5.39 Å². The van der Waals surface area contributed by atoms with Crippen LogP contribution >= 0.6 is 0 Å². The maximum Gasteiger partial charge on any atom is 0.258 e. The molecule has 0 saturated heterocycles. The minimum Gasteiger partial charge on any atom is -0.328 e. The van der Waals surface area contributed by atoms with Crippen molar-refractivity contribution in [3.05, 3.63) is 53.0 Å². The van der Waals surface area contributed by atoms with Crippen LogP contribution in [0.15, 0.2) is 41.7 Å². The number of hydrogen-bond donors (Lipinski definition) is 1. The largest absolute Gasteiger partial charge is 0.328 e. The van der Waals surface area contributed by atoms with Crippen molar-refractivity contribution < 1.29 is 0 Å². The van der Waals surface area contributed by atoms with Crippen LogP contribution in [-0.2, 0) is 0 Å². The number of fused-ring (bicyclic) bond motifs is 6. The molecule has 0 atom stereocenters. The summed E-state index contributed by atoms with van der Waals surface area (Å²) in [5, 5.41) is 2.42. The van der Waals surface area contributed by atoms with Gasteiger partial charge in [0, 0.05) is 35.6 Å². The van der Waals surface area contributed by atoms with E-state index in [-0.39, 0.29) is 5.56 Å². The van der Waals surface area contributed by atoms with E-state index in [1.807, 2.05) is 29.7 Å². The van der Waals surface area contributed by atoms with E-state index >= 15 is 0 Å². The lowest BCUT2D eigenvalue weighted by Crippen LogP contribution is -2.07. The fourth-order valence-electron chi connectivity index (χ4n) is 2.59. The highest BCUT2D eigenvalue weighted by Crippen LogP contribution is 2.26. The second-order valence-electron chi connectivity index (χ2n) is 4.56. The second-order valence-corrected chi connectivity index (χ2v) is 4.56. The number of pyridine rings is 3. The number of imidazole rings is 1. The van der Waals surface area contributed by atoms with Crippen molar-refractivity contribution in [3.8, 4) is 0 Å². The van der Waals surface area contributed by atoms with E-state index in [0.717, 1.165) is 27.6 Å². The molecule has 0 saturated carbocycles. The van der Waals surface area contributed by atoms with Crippen molar-refractivity contribution in [1.29, 1.82) is 0 Å². The Kier molecular flexibility index (Phi) is 1.84.